The largest absolute Gasteiger partial charge is 0.283 e. The molecule has 1 N–H and O–H groups in total. The maximum Gasteiger partial charge on any atom is 0.118 e. The monoisotopic (exact) mass is 195 g/mol. The van der Waals surface area contributed by atoms with Crippen LogP contribution in [0, 0.1) is 0 Å². The van der Waals surface area contributed by atoms with Crippen LogP contribution in [-0.4, -0.2) is 15.2 Å². The molecule has 3 nitrogen and oxygen atoms in total. The van der Waals surface area contributed by atoms with Crippen LogP contribution in [0.25, 0.3) is 22.2 Å². The molecule has 0 spiro atoms. The molecule has 0 saturated carbocycles. The highest BCUT2D eigenvalue weighted by Crippen LogP contribution is 2.24. The minimum absolute atomic E-state index is 0.899. The Morgan fingerprint density at radius 2 is 1.87 bits per heavy atom. The highest BCUT2D eigenvalue weighted by Gasteiger charge is 2.05. The summed E-state index contributed by atoms with van der Waals surface area (Å²) in [7, 11) is 0. The molecule has 2 aromatic heterocycles. The molecule has 0 saturated heterocycles. The van der Waals surface area contributed by atoms with Gasteiger partial charge in [-0.3, -0.25) is 10.1 Å². The zero-order chi connectivity index (χ0) is 10.1. The van der Waals surface area contributed by atoms with Gasteiger partial charge in [0.15, 0.2) is 0 Å². The number of H-pyrrole nitrogens is 1. The number of aromatic amines is 1. The molecule has 0 fully saturated rings. The summed E-state index contributed by atoms with van der Waals surface area (Å²) in [6.07, 6.45) is 3.61. The summed E-state index contributed by atoms with van der Waals surface area (Å²) in [6.45, 7) is 0. The number of benzene rings is 1. The van der Waals surface area contributed by atoms with Crippen LogP contribution >= 0.6 is 0 Å². The van der Waals surface area contributed by atoms with E-state index in [4.69, 9.17) is 0 Å². The second-order valence-corrected chi connectivity index (χ2v) is 3.34. The average Bonchev–Trinajstić information content (AvgIpc) is 2.78. The zero-order valence-corrected chi connectivity index (χ0v) is 8.01. The van der Waals surface area contributed by atoms with E-state index >= 15 is 0 Å². The van der Waals surface area contributed by atoms with Gasteiger partial charge in [-0.25, -0.2) is 0 Å². The molecule has 1 aromatic carbocycles. The van der Waals surface area contributed by atoms with Crippen molar-refractivity contribution in [3.63, 3.8) is 0 Å². The maximum atomic E-state index is 4.23. The lowest BCUT2D eigenvalue weighted by Crippen LogP contribution is -1.81. The van der Waals surface area contributed by atoms with E-state index in [1.807, 2.05) is 30.5 Å². The third-order valence-electron chi connectivity index (χ3n) is 2.41. The van der Waals surface area contributed by atoms with Gasteiger partial charge in [-0.1, -0.05) is 30.3 Å². The van der Waals surface area contributed by atoms with Crippen molar-refractivity contribution in [2.45, 2.75) is 0 Å². The third kappa shape index (κ3) is 1.29. The molecule has 3 heteroatoms. The summed E-state index contributed by atoms with van der Waals surface area (Å²) in [5.74, 6) is 0. The van der Waals surface area contributed by atoms with Crippen molar-refractivity contribution in [3.05, 3.63) is 48.8 Å². The minimum Gasteiger partial charge on any atom is -0.283 e. The Balaban J connectivity index is 2.31. The number of hydrogen-bond acceptors (Lipinski definition) is 2. The van der Waals surface area contributed by atoms with E-state index in [2.05, 4.69) is 27.3 Å². The van der Waals surface area contributed by atoms with Gasteiger partial charge in [-0.05, 0) is 11.6 Å². The number of pyridine rings is 1. The zero-order valence-electron chi connectivity index (χ0n) is 8.01. The second kappa shape index (κ2) is 3.20. The van der Waals surface area contributed by atoms with Crippen LogP contribution in [0.15, 0.2) is 48.8 Å². The smallest absolute Gasteiger partial charge is 0.118 e. The van der Waals surface area contributed by atoms with Crippen molar-refractivity contribution in [2.24, 2.45) is 0 Å². The van der Waals surface area contributed by atoms with Crippen molar-refractivity contribution < 1.29 is 0 Å². The molecule has 0 unspecified atom stereocenters. The van der Waals surface area contributed by atoms with Crippen LogP contribution in [0.1, 0.15) is 0 Å². The summed E-state index contributed by atoms with van der Waals surface area (Å²) in [6, 6.07) is 12.2. The minimum atomic E-state index is 0.899. The van der Waals surface area contributed by atoms with Crippen LogP contribution < -0.4 is 0 Å². The van der Waals surface area contributed by atoms with Crippen molar-refractivity contribution >= 4 is 11.0 Å². The lowest BCUT2D eigenvalue weighted by Gasteiger charge is -2.00. The van der Waals surface area contributed by atoms with Gasteiger partial charge in [0.25, 0.3) is 0 Å². The Morgan fingerprint density at radius 1 is 1.00 bits per heavy atom. The van der Waals surface area contributed by atoms with Gasteiger partial charge in [-0.15, -0.1) is 0 Å². The van der Waals surface area contributed by atoms with E-state index in [-0.39, 0.29) is 0 Å². The molecule has 72 valence electrons. The molecule has 0 aliphatic heterocycles. The summed E-state index contributed by atoms with van der Waals surface area (Å²) in [5, 5.41) is 7.04. The fourth-order valence-electron chi connectivity index (χ4n) is 1.70. The molecule has 15 heavy (non-hydrogen) atoms. The maximum absolute atomic E-state index is 4.23. The standard InChI is InChI=1S/C12H9N3/c1-2-4-9(5-3-1)10-6-7-13-11-8-14-15-12(10)11/h1-8H,(H,14,15). The molecule has 2 heterocycles. The van der Waals surface area contributed by atoms with Crippen LogP contribution in [0.3, 0.4) is 0 Å². The highest BCUT2D eigenvalue weighted by molar-refractivity contribution is 5.90. The number of nitrogens with one attached hydrogen (secondary N) is 1. The predicted octanol–water partition coefficient (Wildman–Crippen LogP) is 2.62. The number of nitrogens with zero attached hydrogens (tertiary/aromatic N) is 2. The van der Waals surface area contributed by atoms with Crippen LogP contribution in [-0.2, 0) is 0 Å². The number of aromatic nitrogens is 3. The Bertz CT molecular complexity index is 584. The van der Waals surface area contributed by atoms with Crippen molar-refractivity contribution in [1.29, 1.82) is 0 Å². The Labute approximate surface area is 86.8 Å². The SMILES string of the molecule is c1ccc(-c2ccnc3c[nH]nc23)cc1. The Morgan fingerprint density at radius 3 is 2.73 bits per heavy atom. The van der Waals surface area contributed by atoms with Gasteiger partial charge in [0.2, 0.25) is 0 Å². The topological polar surface area (TPSA) is 41.6 Å². The first-order valence-corrected chi connectivity index (χ1v) is 4.79. The van der Waals surface area contributed by atoms with Gasteiger partial charge in [0.1, 0.15) is 11.0 Å². The summed E-state index contributed by atoms with van der Waals surface area (Å²) >= 11 is 0. The average molecular weight is 195 g/mol. The van der Waals surface area contributed by atoms with E-state index in [0.717, 1.165) is 22.2 Å². The Hall–Kier alpha value is -2.16. The van der Waals surface area contributed by atoms with Gasteiger partial charge in [-0.2, -0.15) is 5.10 Å². The first kappa shape index (κ1) is 8.17. The van der Waals surface area contributed by atoms with E-state index in [1.54, 1.807) is 6.20 Å². The second-order valence-electron chi connectivity index (χ2n) is 3.34. The van der Waals surface area contributed by atoms with E-state index in [9.17, 15) is 0 Å². The molecular formula is C12H9N3. The summed E-state index contributed by atoms with van der Waals surface area (Å²) in [5.41, 5.74) is 4.10. The Kier molecular flexibility index (Phi) is 1.75. The van der Waals surface area contributed by atoms with Crippen LogP contribution in [0.4, 0.5) is 0 Å². The van der Waals surface area contributed by atoms with E-state index in [1.165, 1.54) is 0 Å². The molecule has 0 amide bonds. The molecule has 0 aliphatic rings. The normalized spacial score (nSPS) is 10.7. The molecular weight excluding hydrogens is 186 g/mol. The molecule has 0 aliphatic carbocycles. The van der Waals surface area contributed by atoms with Gasteiger partial charge < -0.3 is 0 Å². The van der Waals surface area contributed by atoms with Crippen molar-refractivity contribution in [1.82, 2.24) is 15.2 Å². The molecule has 0 bridgehead atoms. The van der Waals surface area contributed by atoms with Gasteiger partial charge in [0.05, 0.1) is 0 Å². The highest BCUT2D eigenvalue weighted by atomic mass is 15.1. The van der Waals surface area contributed by atoms with Crippen LogP contribution in [0.5, 0.6) is 0 Å². The fraction of sp³-hybridized carbons (Fsp3) is 0. The number of rotatable bonds is 1. The summed E-state index contributed by atoms with van der Waals surface area (Å²) < 4.78 is 0. The van der Waals surface area contributed by atoms with Gasteiger partial charge >= 0.3 is 0 Å². The lowest BCUT2D eigenvalue weighted by molar-refractivity contribution is 1.12. The molecule has 0 atom stereocenters. The number of fused-ring (bicyclic) bond motifs is 1. The first-order valence-electron chi connectivity index (χ1n) is 4.79. The van der Waals surface area contributed by atoms with Crippen molar-refractivity contribution in [2.75, 3.05) is 0 Å². The summed E-state index contributed by atoms with van der Waals surface area (Å²) in [4.78, 5) is 4.23. The quantitative estimate of drug-likeness (QED) is 0.648. The predicted molar refractivity (Wildman–Crippen MR) is 59.3 cm³/mol. The molecule has 3 rings (SSSR count). The molecule has 3 aromatic rings. The first-order chi connectivity index (χ1) is 7.45. The third-order valence-corrected chi connectivity index (χ3v) is 2.41. The lowest BCUT2D eigenvalue weighted by atomic mass is 10.1. The fourth-order valence-corrected chi connectivity index (χ4v) is 1.70. The molecule has 0 radical (unpaired) electrons. The van der Waals surface area contributed by atoms with Crippen molar-refractivity contribution in [3.8, 4) is 11.1 Å². The van der Waals surface area contributed by atoms with E-state index in [0.29, 0.717) is 0 Å². The van der Waals surface area contributed by atoms with Gasteiger partial charge in [0, 0.05) is 18.0 Å². The van der Waals surface area contributed by atoms with E-state index < -0.39 is 0 Å². The number of hydrogen-bond donors (Lipinski definition) is 1. The van der Waals surface area contributed by atoms with Crippen LogP contribution in [0.2, 0.25) is 0 Å².